The number of carbonyl (C=O) groups is 1. The van der Waals surface area contributed by atoms with Crippen LogP contribution in [0.2, 0.25) is 0 Å². The number of unbranched alkanes of at least 4 members (excludes halogenated alkanes) is 1. The predicted molar refractivity (Wildman–Crippen MR) is 148 cm³/mol. The maximum atomic E-state index is 12.5. The molecule has 3 atom stereocenters. The molecule has 0 aliphatic carbocycles. The molecule has 0 radical (unpaired) electrons. The lowest BCUT2D eigenvalue weighted by Gasteiger charge is -2.38. The molecule has 2 N–H and O–H groups in total. The van der Waals surface area contributed by atoms with Crippen molar-refractivity contribution in [3.05, 3.63) is 58.8 Å². The van der Waals surface area contributed by atoms with Gasteiger partial charge in [-0.2, -0.15) is 0 Å². The van der Waals surface area contributed by atoms with Gasteiger partial charge in [0.15, 0.2) is 0 Å². The molecule has 1 aromatic heterocycles. The van der Waals surface area contributed by atoms with Gasteiger partial charge in [-0.3, -0.25) is 9.69 Å². The van der Waals surface area contributed by atoms with Gasteiger partial charge in [0.05, 0.1) is 17.8 Å². The number of fused-ring (bicyclic) bond motifs is 1. The van der Waals surface area contributed by atoms with E-state index in [-0.39, 0.29) is 17.8 Å². The Morgan fingerprint density at radius 3 is 2.92 bits per heavy atom. The van der Waals surface area contributed by atoms with Crippen LogP contribution in [0.5, 0.6) is 0 Å². The van der Waals surface area contributed by atoms with E-state index >= 15 is 0 Å². The van der Waals surface area contributed by atoms with Gasteiger partial charge in [-0.05, 0) is 94.4 Å². The fraction of sp³-hybridized carbons (Fsp3) is 0.613. The smallest absolute Gasteiger partial charge is 0.325 e. The Morgan fingerprint density at radius 2 is 2.08 bits per heavy atom. The van der Waals surface area contributed by atoms with Crippen LogP contribution in [0.4, 0.5) is 5.82 Å². The molecule has 7 heteroatoms. The number of carboxylic acid groups (broad SMARTS) is 1. The van der Waals surface area contributed by atoms with Gasteiger partial charge in [0, 0.05) is 31.9 Å². The number of nitrogens with zero attached hydrogens (tertiary/aromatic N) is 2. The molecular formula is C31H43N3O4. The summed E-state index contributed by atoms with van der Waals surface area (Å²) in [6.45, 7) is 7.32. The number of carboxylic acids is 1. The number of hydrogen-bond donors (Lipinski definition) is 2. The van der Waals surface area contributed by atoms with Crippen molar-refractivity contribution < 1.29 is 19.4 Å². The van der Waals surface area contributed by atoms with Crippen LogP contribution in [-0.4, -0.2) is 58.9 Å². The van der Waals surface area contributed by atoms with Gasteiger partial charge in [0.1, 0.15) is 11.9 Å². The second-order valence-electron chi connectivity index (χ2n) is 11.7. The average molecular weight is 522 g/mol. The highest BCUT2D eigenvalue weighted by Gasteiger charge is 2.37. The third kappa shape index (κ3) is 6.56. The van der Waals surface area contributed by atoms with E-state index in [1.54, 1.807) is 0 Å². The van der Waals surface area contributed by atoms with Crippen molar-refractivity contribution in [1.29, 1.82) is 0 Å². The van der Waals surface area contributed by atoms with Crippen LogP contribution in [-0.2, 0) is 27.1 Å². The number of aliphatic carboxylic acids is 1. The molecule has 0 amide bonds. The summed E-state index contributed by atoms with van der Waals surface area (Å²) in [5.74, 6) is 0.254. The van der Waals surface area contributed by atoms with Gasteiger partial charge in [-0.1, -0.05) is 30.3 Å². The molecule has 5 rings (SSSR count). The minimum atomic E-state index is -0.805. The summed E-state index contributed by atoms with van der Waals surface area (Å²) in [6, 6.07) is 11.6. The zero-order chi connectivity index (χ0) is 26.5. The van der Waals surface area contributed by atoms with Gasteiger partial charge in [0.2, 0.25) is 0 Å². The van der Waals surface area contributed by atoms with Crippen LogP contribution in [0, 0.1) is 0 Å². The molecule has 38 heavy (non-hydrogen) atoms. The molecule has 2 saturated heterocycles. The number of likely N-dealkylation sites (tertiary alicyclic amines) is 1. The maximum absolute atomic E-state index is 12.5. The number of aryl methyl sites for hydroxylation is 2. The highest BCUT2D eigenvalue weighted by atomic mass is 16.5. The maximum Gasteiger partial charge on any atom is 0.325 e. The number of benzene rings is 1. The predicted octanol–water partition coefficient (Wildman–Crippen LogP) is 5.70. The van der Waals surface area contributed by atoms with Crippen molar-refractivity contribution in [2.75, 3.05) is 31.6 Å². The first-order valence-corrected chi connectivity index (χ1v) is 14.5. The first-order chi connectivity index (χ1) is 18.4. The third-order valence-electron chi connectivity index (χ3n) is 8.25. The summed E-state index contributed by atoms with van der Waals surface area (Å²) in [5.41, 5.74) is 4.15. The second-order valence-corrected chi connectivity index (χ2v) is 11.7. The number of aromatic nitrogens is 1. The van der Waals surface area contributed by atoms with E-state index in [9.17, 15) is 9.90 Å². The molecule has 0 saturated carbocycles. The number of ether oxygens (including phenoxy) is 2. The summed E-state index contributed by atoms with van der Waals surface area (Å²) in [6.07, 6.45) is 9.16. The molecule has 3 aliphatic heterocycles. The summed E-state index contributed by atoms with van der Waals surface area (Å²) < 4.78 is 12.6. The molecule has 1 aromatic carbocycles. The summed E-state index contributed by atoms with van der Waals surface area (Å²) in [4.78, 5) is 19.4. The quantitative estimate of drug-likeness (QED) is 0.388. The van der Waals surface area contributed by atoms with Crippen molar-refractivity contribution in [1.82, 2.24) is 9.88 Å². The largest absolute Gasteiger partial charge is 0.480 e. The number of rotatable bonds is 10. The normalized spacial score (nSPS) is 23.9. The minimum absolute atomic E-state index is 0.0631. The number of anilines is 1. The first kappa shape index (κ1) is 27.1. The molecule has 2 fully saturated rings. The van der Waals surface area contributed by atoms with Crippen LogP contribution in [0.15, 0.2) is 36.4 Å². The Bertz CT molecular complexity index is 1100. The van der Waals surface area contributed by atoms with Crippen LogP contribution in [0.3, 0.4) is 0 Å². The van der Waals surface area contributed by atoms with E-state index in [1.165, 1.54) is 12.0 Å². The lowest BCUT2D eigenvalue weighted by Crippen LogP contribution is -2.36. The molecule has 0 bridgehead atoms. The molecule has 2 aromatic rings. The molecular weight excluding hydrogens is 478 g/mol. The average Bonchev–Trinajstić information content (AvgIpc) is 3.36. The summed E-state index contributed by atoms with van der Waals surface area (Å²) in [5, 5.41) is 13.7. The zero-order valence-electron chi connectivity index (χ0n) is 23.0. The Kier molecular flexibility index (Phi) is 8.66. The Hall–Kier alpha value is -2.48. The summed E-state index contributed by atoms with van der Waals surface area (Å²) in [7, 11) is 0. The fourth-order valence-electron chi connectivity index (χ4n) is 6.26. The van der Waals surface area contributed by atoms with E-state index in [0.29, 0.717) is 13.2 Å². The van der Waals surface area contributed by atoms with Gasteiger partial charge in [-0.15, -0.1) is 0 Å². The van der Waals surface area contributed by atoms with Gasteiger partial charge in [0.25, 0.3) is 0 Å². The van der Waals surface area contributed by atoms with Gasteiger partial charge >= 0.3 is 5.97 Å². The third-order valence-corrected chi connectivity index (χ3v) is 8.25. The SMILES string of the molecule is CC1(C)CCCC(c2ccccc2C(C(=O)O)N2CC[C@@H](OCCCCc3ccc4c(n3)NCCC4)C2)O1. The van der Waals surface area contributed by atoms with Crippen molar-refractivity contribution in [2.45, 2.75) is 95.5 Å². The molecule has 4 heterocycles. The van der Waals surface area contributed by atoms with Crippen molar-refractivity contribution >= 4 is 11.8 Å². The second kappa shape index (κ2) is 12.1. The van der Waals surface area contributed by atoms with E-state index in [2.05, 4.69) is 42.3 Å². The number of pyridine rings is 1. The van der Waals surface area contributed by atoms with E-state index in [4.69, 9.17) is 14.5 Å². The lowest BCUT2D eigenvalue weighted by molar-refractivity contribution is -0.143. The van der Waals surface area contributed by atoms with Gasteiger partial charge < -0.3 is 19.9 Å². The number of nitrogens with one attached hydrogen (secondary N) is 1. The molecule has 3 aliphatic rings. The van der Waals surface area contributed by atoms with Crippen LogP contribution >= 0.6 is 0 Å². The van der Waals surface area contributed by atoms with E-state index in [1.807, 2.05) is 18.2 Å². The minimum Gasteiger partial charge on any atom is -0.480 e. The highest BCUT2D eigenvalue weighted by Crippen LogP contribution is 2.40. The van der Waals surface area contributed by atoms with Crippen LogP contribution < -0.4 is 5.32 Å². The summed E-state index contributed by atoms with van der Waals surface area (Å²) >= 11 is 0. The van der Waals surface area contributed by atoms with E-state index in [0.717, 1.165) is 87.1 Å². The molecule has 2 unspecified atom stereocenters. The lowest BCUT2D eigenvalue weighted by atomic mass is 9.88. The molecule has 0 spiro atoms. The number of hydrogen-bond acceptors (Lipinski definition) is 6. The van der Waals surface area contributed by atoms with Crippen molar-refractivity contribution in [3.8, 4) is 0 Å². The highest BCUT2D eigenvalue weighted by molar-refractivity contribution is 5.76. The van der Waals surface area contributed by atoms with Crippen molar-refractivity contribution in [2.24, 2.45) is 0 Å². The van der Waals surface area contributed by atoms with Crippen LogP contribution in [0.1, 0.15) is 93.3 Å². The Balaban J connectivity index is 1.13. The Labute approximate surface area is 226 Å². The van der Waals surface area contributed by atoms with Gasteiger partial charge in [-0.25, -0.2) is 4.98 Å². The Morgan fingerprint density at radius 1 is 1.21 bits per heavy atom. The monoisotopic (exact) mass is 521 g/mol. The van der Waals surface area contributed by atoms with E-state index < -0.39 is 12.0 Å². The van der Waals surface area contributed by atoms with Crippen LogP contribution in [0.25, 0.3) is 0 Å². The first-order valence-electron chi connectivity index (χ1n) is 14.5. The fourth-order valence-corrected chi connectivity index (χ4v) is 6.26. The standard InChI is InChI=1S/C31H43N3O4/c1-31(2)17-7-13-27(38-31)25-11-3-4-12-26(25)28(30(35)36)34-19-16-24(21-34)37-20-6-5-10-23-15-14-22-9-8-18-32-29(22)33-23/h3-4,11-12,14-15,24,27-28H,5-10,13,16-21H2,1-2H3,(H,32,33)(H,35,36)/t24-,27?,28?/m1/s1. The topological polar surface area (TPSA) is 83.9 Å². The molecule has 206 valence electrons. The zero-order valence-corrected chi connectivity index (χ0v) is 23.0. The molecule has 7 nitrogen and oxygen atoms in total. The van der Waals surface area contributed by atoms with Crippen molar-refractivity contribution in [3.63, 3.8) is 0 Å².